The minimum Gasteiger partial charge on any atom is -0.507 e. The molecule has 36 heavy (non-hydrogen) atoms. The topological polar surface area (TPSA) is 94.1 Å². The van der Waals surface area contributed by atoms with E-state index in [1.165, 1.54) is 6.07 Å². The molecule has 0 fully saturated rings. The Morgan fingerprint density at radius 3 is 2.11 bits per heavy atom. The van der Waals surface area contributed by atoms with Gasteiger partial charge in [0, 0.05) is 23.9 Å². The SMILES string of the molecule is COCC(C)OCC(C)OCCc1ccc(Nc2ccc(O)c3c2C(=O)c2ccccc2C3=O)cc1. The molecule has 0 radical (unpaired) electrons. The third kappa shape index (κ3) is 5.65. The van der Waals surface area contributed by atoms with Gasteiger partial charge in [0.1, 0.15) is 5.75 Å². The molecule has 1 aliphatic rings. The smallest absolute Gasteiger partial charge is 0.198 e. The quantitative estimate of drug-likeness (QED) is 0.289. The van der Waals surface area contributed by atoms with Crippen LogP contribution in [0, 0.1) is 0 Å². The molecule has 0 saturated heterocycles. The molecule has 0 aliphatic heterocycles. The van der Waals surface area contributed by atoms with Gasteiger partial charge in [-0.1, -0.05) is 36.4 Å². The molecule has 4 rings (SSSR count). The number of aromatic hydroxyl groups is 1. The molecule has 7 nitrogen and oxygen atoms in total. The highest BCUT2D eigenvalue weighted by Gasteiger charge is 2.33. The number of carbonyl (C=O) groups excluding carboxylic acids is 2. The van der Waals surface area contributed by atoms with E-state index in [-0.39, 0.29) is 40.7 Å². The summed E-state index contributed by atoms with van der Waals surface area (Å²) in [5.74, 6) is -0.849. The van der Waals surface area contributed by atoms with Crippen molar-refractivity contribution < 1.29 is 28.9 Å². The van der Waals surface area contributed by atoms with E-state index in [1.807, 2.05) is 38.1 Å². The first kappa shape index (κ1) is 25.6. The number of fused-ring (bicyclic) bond motifs is 2. The number of hydrogen-bond donors (Lipinski definition) is 2. The van der Waals surface area contributed by atoms with Gasteiger partial charge in [0.2, 0.25) is 0 Å². The maximum absolute atomic E-state index is 13.2. The zero-order chi connectivity index (χ0) is 25.7. The van der Waals surface area contributed by atoms with Crippen LogP contribution in [-0.4, -0.2) is 55.8 Å². The fourth-order valence-corrected chi connectivity index (χ4v) is 4.23. The van der Waals surface area contributed by atoms with E-state index in [2.05, 4.69) is 5.32 Å². The predicted octanol–water partition coefficient (Wildman–Crippen LogP) is 4.91. The molecule has 0 aromatic heterocycles. The minimum atomic E-state index is -0.357. The third-order valence-corrected chi connectivity index (χ3v) is 6.10. The van der Waals surface area contributed by atoms with Crippen LogP contribution in [0.5, 0.6) is 5.75 Å². The second kappa shape index (κ2) is 11.5. The number of nitrogens with one attached hydrogen (secondary N) is 1. The first-order valence-corrected chi connectivity index (χ1v) is 12.0. The van der Waals surface area contributed by atoms with Crippen molar-refractivity contribution in [1.82, 2.24) is 0 Å². The van der Waals surface area contributed by atoms with Crippen LogP contribution in [0.25, 0.3) is 0 Å². The molecular formula is C29H31NO6. The molecule has 2 N–H and O–H groups in total. The lowest BCUT2D eigenvalue weighted by Gasteiger charge is -2.21. The van der Waals surface area contributed by atoms with Crippen molar-refractivity contribution in [3.8, 4) is 5.75 Å². The zero-order valence-corrected chi connectivity index (χ0v) is 20.7. The van der Waals surface area contributed by atoms with Crippen molar-refractivity contribution >= 4 is 22.9 Å². The summed E-state index contributed by atoms with van der Waals surface area (Å²) in [7, 11) is 1.65. The van der Waals surface area contributed by atoms with Gasteiger partial charge >= 0.3 is 0 Å². The van der Waals surface area contributed by atoms with Crippen molar-refractivity contribution in [3.63, 3.8) is 0 Å². The summed E-state index contributed by atoms with van der Waals surface area (Å²) in [6, 6.07) is 17.5. The highest BCUT2D eigenvalue weighted by Crippen LogP contribution is 2.38. The number of benzene rings is 3. The Morgan fingerprint density at radius 2 is 1.44 bits per heavy atom. The highest BCUT2D eigenvalue weighted by molar-refractivity contribution is 6.31. The van der Waals surface area contributed by atoms with E-state index in [4.69, 9.17) is 14.2 Å². The lowest BCUT2D eigenvalue weighted by atomic mass is 9.82. The average Bonchev–Trinajstić information content (AvgIpc) is 2.88. The summed E-state index contributed by atoms with van der Waals surface area (Å²) in [6.45, 7) is 5.58. The van der Waals surface area contributed by atoms with E-state index in [9.17, 15) is 14.7 Å². The number of rotatable bonds is 11. The first-order chi connectivity index (χ1) is 17.4. The number of methoxy groups -OCH3 is 1. The number of anilines is 2. The van der Waals surface area contributed by atoms with Crippen molar-refractivity contribution in [2.75, 3.05) is 32.2 Å². The summed E-state index contributed by atoms with van der Waals surface area (Å²) in [5, 5.41) is 13.6. The molecule has 1 aliphatic carbocycles. The lowest BCUT2D eigenvalue weighted by molar-refractivity contribution is -0.0503. The summed E-state index contributed by atoms with van der Waals surface area (Å²) < 4.78 is 16.6. The Morgan fingerprint density at radius 1 is 0.806 bits per heavy atom. The van der Waals surface area contributed by atoms with Crippen molar-refractivity contribution in [3.05, 3.63) is 88.5 Å². The molecule has 0 heterocycles. The van der Waals surface area contributed by atoms with Crippen LogP contribution in [0.3, 0.4) is 0 Å². The molecule has 2 atom stereocenters. The van der Waals surface area contributed by atoms with Crippen LogP contribution in [0.1, 0.15) is 51.3 Å². The van der Waals surface area contributed by atoms with Gasteiger partial charge in [-0.05, 0) is 50.1 Å². The summed E-state index contributed by atoms with van der Waals surface area (Å²) in [6.07, 6.45) is 0.760. The standard InChI is InChI=1S/C29H31NO6/c1-18(16-34-3)36-17-19(2)35-15-14-20-8-10-21(11-9-20)30-24-12-13-25(31)27-26(24)28(32)22-6-4-5-7-23(22)29(27)33/h4-13,18-19,30-31H,14-17H2,1-3H3. The maximum atomic E-state index is 13.2. The Balaban J connectivity index is 1.39. The first-order valence-electron chi connectivity index (χ1n) is 12.0. The van der Waals surface area contributed by atoms with Gasteiger partial charge in [-0.15, -0.1) is 0 Å². The number of ketones is 2. The van der Waals surface area contributed by atoms with E-state index in [0.29, 0.717) is 36.6 Å². The second-order valence-electron chi connectivity index (χ2n) is 8.94. The van der Waals surface area contributed by atoms with E-state index in [1.54, 1.807) is 37.4 Å². The van der Waals surface area contributed by atoms with Gasteiger partial charge in [0.15, 0.2) is 11.6 Å². The van der Waals surface area contributed by atoms with Gasteiger partial charge in [0.05, 0.1) is 48.8 Å². The van der Waals surface area contributed by atoms with Gasteiger partial charge in [-0.3, -0.25) is 9.59 Å². The summed E-state index contributed by atoms with van der Waals surface area (Å²) >= 11 is 0. The fraction of sp³-hybridized carbons (Fsp3) is 0.310. The lowest BCUT2D eigenvalue weighted by Crippen LogP contribution is -2.23. The maximum Gasteiger partial charge on any atom is 0.198 e. The van der Waals surface area contributed by atoms with E-state index < -0.39 is 0 Å². The second-order valence-corrected chi connectivity index (χ2v) is 8.94. The van der Waals surface area contributed by atoms with Crippen molar-refractivity contribution in [2.24, 2.45) is 0 Å². The highest BCUT2D eigenvalue weighted by atomic mass is 16.6. The third-order valence-electron chi connectivity index (χ3n) is 6.10. The van der Waals surface area contributed by atoms with Crippen LogP contribution in [0.15, 0.2) is 60.7 Å². The molecule has 188 valence electrons. The van der Waals surface area contributed by atoms with Crippen molar-refractivity contribution in [2.45, 2.75) is 32.5 Å². The molecule has 0 amide bonds. The van der Waals surface area contributed by atoms with Crippen molar-refractivity contribution in [1.29, 1.82) is 0 Å². The van der Waals surface area contributed by atoms with Crippen LogP contribution < -0.4 is 5.32 Å². The molecule has 0 spiro atoms. The predicted molar refractivity (Wildman–Crippen MR) is 138 cm³/mol. The van der Waals surface area contributed by atoms with Gasteiger partial charge < -0.3 is 24.6 Å². The molecule has 3 aromatic rings. The van der Waals surface area contributed by atoms with E-state index in [0.717, 1.165) is 17.7 Å². The molecule has 0 bridgehead atoms. The average molecular weight is 490 g/mol. The molecule has 2 unspecified atom stereocenters. The van der Waals surface area contributed by atoms with Crippen LogP contribution >= 0.6 is 0 Å². The number of carbonyl (C=O) groups is 2. The van der Waals surface area contributed by atoms with Crippen LogP contribution in [0.2, 0.25) is 0 Å². The fourth-order valence-electron chi connectivity index (χ4n) is 4.23. The van der Waals surface area contributed by atoms with Gasteiger partial charge in [-0.25, -0.2) is 0 Å². The Bertz CT molecular complexity index is 1240. The molecule has 0 saturated carbocycles. The monoisotopic (exact) mass is 489 g/mol. The minimum absolute atomic E-state index is 0.0173. The Kier molecular flexibility index (Phi) is 8.15. The zero-order valence-electron chi connectivity index (χ0n) is 20.7. The number of ether oxygens (including phenoxy) is 3. The summed E-state index contributed by atoms with van der Waals surface area (Å²) in [5.41, 5.74) is 3.21. The molecule has 3 aromatic carbocycles. The number of hydrogen-bond acceptors (Lipinski definition) is 7. The normalized spacial score (nSPS) is 14.2. The van der Waals surface area contributed by atoms with Crippen LogP contribution in [-0.2, 0) is 20.6 Å². The summed E-state index contributed by atoms with van der Waals surface area (Å²) in [4.78, 5) is 26.2. The van der Waals surface area contributed by atoms with Gasteiger partial charge in [0.25, 0.3) is 0 Å². The van der Waals surface area contributed by atoms with E-state index >= 15 is 0 Å². The largest absolute Gasteiger partial charge is 0.507 e. The Hall–Kier alpha value is -3.52. The molecular weight excluding hydrogens is 458 g/mol. The number of phenolic OH excluding ortho intramolecular Hbond substituents is 1. The van der Waals surface area contributed by atoms with Gasteiger partial charge in [-0.2, -0.15) is 0 Å². The van der Waals surface area contributed by atoms with Crippen LogP contribution in [0.4, 0.5) is 11.4 Å². The molecule has 7 heteroatoms. The Labute approximate surface area is 211 Å². The number of phenols is 1.